The molecule has 0 bridgehead atoms. The Labute approximate surface area is 122 Å². The summed E-state index contributed by atoms with van der Waals surface area (Å²) in [5.41, 5.74) is 4.19. The number of ether oxygens (including phenoxy) is 1. The van der Waals surface area contributed by atoms with Gasteiger partial charge in [-0.15, -0.1) is 0 Å². The molecule has 1 saturated carbocycles. The number of hydrogen-bond donors (Lipinski definition) is 1. The first-order valence-electron chi connectivity index (χ1n) is 8.15. The highest BCUT2D eigenvalue weighted by molar-refractivity contribution is 5.48. The summed E-state index contributed by atoms with van der Waals surface area (Å²) < 4.78 is 6.18. The second-order valence-corrected chi connectivity index (χ2v) is 6.73. The maximum Gasteiger partial charge on any atom is 0.0702 e. The molecule has 1 saturated heterocycles. The van der Waals surface area contributed by atoms with Gasteiger partial charge in [-0.3, -0.25) is 0 Å². The molecule has 3 rings (SSSR count). The van der Waals surface area contributed by atoms with Crippen LogP contribution in [0.1, 0.15) is 56.1 Å². The van der Waals surface area contributed by atoms with Crippen molar-refractivity contribution in [3.63, 3.8) is 0 Å². The smallest absolute Gasteiger partial charge is 0.0702 e. The van der Waals surface area contributed by atoms with Gasteiger partial charge in [-0.1, -0.05) is 25.3 Å². The molecule has 1 atom stereocenters. The molecule has 1 aliphatic heterocycles. The number of benzene rings is 1. The van der Waals surface area contributed by atoms with Crippen LogP contribution in [0.3, 0.4) is 0 Å². The van der Waals surface area contributed by atoms with Crippen molar-refractivity contribution in [3.05, 3.63) is 29.3 Å². The van der Waals surface area contributed by atoms with Gasteiger partial charge in [0.1, 0.15) is 0 Å². The fraction of sp³-hybridized carbons (Fsp3) is 0.667. The molecule has 0 amide bonds. The molecule has 1 aromatic carbocycles. The molecule has 1 N–H and O–H groups in total. The molecule has 0 aromatic heterocycles. The fourth-order valence-corrected chi connectivity index (χ4v) is 3.76. The first-order valence-corrected chi connectivity index (χ1v) is 8.15. The van der Waals surface area contributed by atoms with Crippen LogP contribution in [0.25, 0.3) is 0 Å². The average molecular weight is 273 g/mol. The van der Waals surface area contributed by atoms with Gasteiger partial charge in [0.05, 0.1) is 5.60 Å². The van der Waals surface area contributed by atoms with Crippen molar-refractivity contribution < 1.29 is 4.74 Å². The van der Waals surface area contributed by atoms with Crippen molar-refractivity contribution in [3.8, 4) is 0 Å². The zero-order valence-electron chi connectivity index (χ0n) is 12.9. The van der Waals surface area contributed by atoms with Crippen LogP contribution in [0.15, 0.2) is 18.2 Å². The first-order chi connectivity index (χ1) is 9.67. The van der Waals surface area contributed by atoms with E-state index in [9.17, 15) is 0 Å². The van der Waals surface area contributed by atoms with E-state index in [1.807, 2.05) is 0 Å². The Bertz CT molecular complexity index is 457. The van der Waals surface area contributed by atoms with Crippen LogP contribution >= 0.6 is 0 Å². The maximum atomic E-state index is 6.18. The lowest BCUT2D eigenvalue weighted by Crippen LogP contribution is -2.45. The van der Waals surface area contributed by atoms with Crippen LogP contribution in [0, 0.1) is 13.8 Å². The molecular formula is C18H27NO. The third kappa shape index (κ3) is 3.01. The van der Waals surface area contributed by atoms with Gasteiger partial charge < -0.3 is 10.1 Å². The molecule has 110 valence electrons. The monoisotopic (exact) mass is 273 g/mol. The van der Waals surface area contributed by atoms with Crippen LogP contribution in [0.2, 0.25) is 0 Å². The van der Waals surface area contributed by atoms with E-state index >= 15 is 0 Å². The lowest BCUT2D eigenvalue weighted by atomic mass is 9.78. The molecule has 0 radical (unpaired) electrons. The van der Waals surface area contributed by atoms with E-state index < -0.39 is 0 Å². The minimum Gasteiger partial charge on any atom is -0.382 e. The Balaban J connectivity index is 1.66. The van der Waals surface area contributed by atoms with Crippen molar-refractivity contribution in [1.82, 2.24) is 0 Å². The molecule has 2 nitrogen and oxygen atoms in total. The Morgan fingerprint density at radius 2 is 1.90 bits per heavy atom. The van der Waals surface area contributed by atoms with Crippen molar-refractivity contribution in [2.45, 2.75) is 70.4 Å². The zero-order chi connectivity index (χ0) is 14.0. The molecule has 1 aromatic rings. The number of rotatable bonds is 2. The van der Waals surface area contributed by atoms with Crippen molar-refractivity contribution in [2.24, 2.45) is 0 Å². The van der Waals surface area contributed by atoms with Gasteiger partial charge in [0.25, 0.3) is 0 Å². The normalized spacial score (nSPS) is 25.6. The van der Waals surface area contributed by atoms with E-state index in [-0.39, 0.29) is 5.60 Å². The summed E-state index contributed by atoms with van der Waals surface area (Å²) in [6.07, 6.45) is 8.91. The van der Waals surface area contributed by atoms with E-state index in [1.165, 1.54) is 55.3 Å². The first kappa shape index (κ1) is 13.9. The molecule has 2 heteroatoms. The van der Waals surface area contributed by atoms with Gasteiger partial charge >= 0.3 is 0 Å². The second kappa shape index (κ2) is 5.77. The van der Waals surface area contributed by atoms with Crippen LogP contribution in [-0.4, -0.2) is 18.2 Å². The Morgan fingerprint density at radius 3 is 2.65 bits per heavy atom. The van der Waals surface area contributed by atoms with E-state index in [0.29, 0.717) is 6.04 Å². The summed E-state index contributed by atoms with van der Waals surface area (Å²) in [4.78, 5) is 0. The number of aryl methyl sites for hydroxylation is 2. The van der Waals surface area contributed by atoms with Crippen molar-refractivity contribution in [2.75, 3.05) is 11.9 Å². The SMILES string of the molecule is Cc1ccc(NC2CCOC3(CCCCC3)C2)cc1C. The van der Waals surface area contributed by atoms with Gasteiger partial charge in [0, 0.05) is 18.3 Å². The Hall–Kier alpha value is -1.02. The average Bonchev–Trinajstić information content (AvgIpc) is 2.44. The molecular weight excluding hydrogens is 246 g/mol. The third-order valence-electron chi connectivity index (χ3n) is 5.14. The standard InChI is InChI=1S/C18H27NO/c1-14-6-7-16(12-15(14)2)19-17-8-11-20-18(13-17)9-4-3-5-10-18/h6-7,12,17,19H,3-5,8-11,13H2,1-2H3. The lowest BCUT2D eigenvalue weighted by molar-refractivity contribution is -0.103. The Morgan fingerprint density at radius 1 is 1.10 bits per heavy atom. The van der Waals surface area contributed by atoms with Gasteiger partial charge in [0.2, 0.25) is 0 Å². The predicted octanol–water partition coefficient (Wildman–Crippen LogP) is 4.60. The summed E-state index contributed by atoms with van der Waals surface area (Å²) in [5.74, 6) is 0. The van der Waals surface area contributed by atoms with E-state index in [4.69, 9.17) is 4.74 Å². The van der Waals surface area contributed by atoms with E-state index in [1.54, 1.807) is 0 Å². The number of anilines is 1. The van der Waals surface area contributed by atoms with Crippen LogP contribution < -0.4 is 5.32 Å². The minimum atomic E-state index is 0.188. The summed E-state index contributed by atoms with van der Waals surface area (Å²) >= 11 is 0. The highest BCUT2D eigenvalue weighted by atomic mass is 16.5. The highest BCUT2D eigenvalue weighted by Gasteiger charge is 2.38. The third-order valence-corrected chi connectivity index (χ3v) is 5.14. The van der Waals surface area contributed by atoms with E-state index in [0.717, 1.165) is 13.0 Å². The Kier molecular flexibility index (Phi) is 4.02. The molecule has 2 aliphatic rings. The summed E-state index contributed by atoms with van der Waals surface area (Å²) in [7, 11) is 0. The summed E-state index contributed by atoms with van der Waals surface area (Å²) in [5, 5.41) is 3.74. The second-order valence-electron chi connectivity index (χ2n) is 6.73. The van der Waals surface area contributed by atoms with E-state index in [2.05, 4.69) is 37.4 Å². The number of hydrogen-bond acceptors (Lipinski definition) is 2. The van der Waals surface area contributed by atoms with Crippen LogP contribution in [0.4, 0.5) is 5.69 Å². The van der Waals surface area contributed by atoms with Gasteiger partial charge in [-0.25, -0.2) is 0 Å². The number of nitrogens with one attached hydrogen (secondary N) is 1. The summed E-state index contributed by atoms with van der Waals surface area (Å²) in [6, 6.07) is 7.28. The topological polar surface area (TPSA) is 21.3 Å². The van der Waals surface area contributed by atoms with Gasteiger partial charge in [-0.05, 0) is 62.8 Å². The zero-order valence-corrected chi connectivity index (χ0v) is 12.9. The molecule has 1 spiro atoms. The van der Waals surface area contributed by atoms with Crippen LogP contribution in [-0.2, 0) is 4.74 Å². The van der Waals surface area contributed by atoms with Crippen LogP contribution in [0.5, 0.6) is 0 Å². The predicted molar refractivity (Wildman–Crippen MR) is 84.3 cm³/mol. The fourth-order valence-electron chi connectivity index (χ4n) is 3.76. The molecule has 1 aliphatic carbocycles. The molecule has 20 heavy (non-hydrogen) atoms. The van der Waals surface area contributed by atoms with Crippen molar-refractivity contribution in [1.29, 1.82) is 0 Å². The molecule has 2 fully saturated rings. The lowest BCUT2D eigenvalue weighted by Gasteiger charge is -2.44. The maximum absolute atomic E-state index is 6.18. The van der Waals surface area contributed by atoms with Gasteiger partial charge in [-0.2, -0.15) is 0 Å². The quantitative estimate of drug-likeness (QED) is 0.850. The van der Waals surface area contributed by atoms with Crippen molar-refractivity contribution >= 4 is 5.69 Å². The molecule has 1 unspecified atom stereocenters. The minimum absolute atomic E-state index is 0.188. The molecule has 1 heterocycles. The highest BCUT2D eigenvalue weighted by Crippen LogP contribution is 2.39. The largest absolute Gasteiger partial charge is 0.382 e. The summed E-state index contributed by atoms with van der Waals surface area (Å²) in [6.45, 7) is 5.28. The van der Waals surface area contributed by atoms with Gasteiger partial charge in [0.15, 0.2) is 0 Å².